The van der Waals surface area contributed by atoms with E-state index in [9.17, 15) is 28.5 Å². The van der Waals surface area contributed by atoms with Crippen molar-refractivity contribution in [3.8, 4) is 17.2 Å². The van der Waals surface area contributed by atoms with Crippen molar-refractivity contribution in [2.75, 3.05) is 17.7 Å². The number of benzene rings is 2. The SMILES string of the molecule is COc1cc(C(=O)Nc2ccc3c(c2)NC(=O)[C@@H](C)O3)c([N+](=O)[O-])cc1OC(F)F. The molecule has 0 unspecified atom stereocenters. The summed E-state index contributed by atoms with van der Waals surface area (Å²) in [7, 11) is 1.13. The molecule has 2 amide bonds. The third kappa shape index (κ3) is 4.21. The lowest BCUT2D eigenvalue weighted by atomic mass is 10.1. The third-order valence-corrected chi connectivity index (χ3v) is 4.11. The molecular weight excluding hydrogens is 408 g/mol. The summed E-state index contributed by atoms with van der Waals surface area (Å²) in [5.41, 5.74) is -0.681. The quantitative estimate of drug-likeness (QED) is 0.539. The average Bonchev–Trinajstić information content (AvgIpc) is 2.68. The van der Waals surface area contributed by atoms with E-state index in [1.54, 1.807) is 6.92 Å². The number of amides is 2. The number of nitrogens with zero attached hydrogens (tertiary/aromatic N) is 1. The number of fused-ring (bicyclic) bond motifs is 1. The molecule has 158 valence electrons. The number of nitro groups is 1. The van der Waals surface area contributed by atoms with E-state index in [4.69, 9.17) is 9.47 Å². The van der Waals surface area contributed by atoms with E-state index in [0.717, 1.165) is 13.2 Å². The second-order valence-electron chi connectivity index (χ2n) is 6.07. The molecule has 2 aromatic rings. The molecule has 30 heavy (non-hydrogen) atoms. The van der Waals surface area contributed by atoms with Gasteiger partial charge in [-0.3, -0.25) is 19.7 Å². The van der Waals surface area contributed by atoms with Gasteiger partial charge in [-0.05, 0) is 25.1 Å². The Kier molecular flexibility index (Phi) is 5.67. The number of halogens is 2. The predicted molar refractivity (Wildman–Crippen MR) is 99.4 cm³/mol. The van der Waals surface area contributed by atoms with Crippen LogP contribution in [-0.4, -0.2) is 36.6 Å². The molecule has 0 spiro atoms. The number of carbonyl (C=O) groups excluding carboxylic acids is 2. The first-order chi connectivity index (χ1) is 14.2. The molecule has 0 radical (unpaired) electrons. The summed E-state index contributed by atoms with van der Waals surface area (Å²) < 4.78 is 39.6. The maximum absolute atomic E-state index is 12.6. The summed E-state index contributed by atoms with van der Waals surface area (Å²) in [4.78, 5) is 34.8. The Morgan fingerprint density at radius 2 is 2.03 bits per heavy atom. The summed E-state index contributed by atoms with van der Waals surface area (Å²) in [6.07, 6.45) is -0.679. The molecule has 10 nitrogen and oxygen atoms in total. The number of anilines is 2. The molecule has 3 rings (SSSR count). The lowest BCUT2D eigenvalue weighted by Gasteiger charge is -2.23. The molecule has 1 aliphatic rings. The first kappa shape index (κ1) is 20.8. The van der Waals surface area contributed by atoms with Crippen LogP contribution in [0, 0.1) is 10.1 Å². The Morgan fingerprint density at radius 3 is 2.67 bits per heavy atom. The van der Waals surface area contributed by atoms with Crippen LogP contribution >= 0.6 is 0 Å². The van der Waals surface area contributed by atoms with Crippen molar-refractivity contribution in [2.45, 2.75) is 19.6 Å². The predicted octanol–water partition coefficient (Wildman–Crippen LogP) is 3.18. The number of rotatable bonds is 6. The minimum atomic E-state index is -3.24. The molecule has 0 bridgehead atoms. The van der Waals surface area contributed by atoms with Crippen LogP contribution in [0.15, 0.2) is 30.3 Å². The van der Waals surface area contributed by atoms with Crippen molar-refractivity contribution < 1.29 is 37.5 Å². The Bertz CT molecular complexity index is 1030. The van der Waals surface area contributed by atoms with Gasteiger partial charge in [-0.2, -0.15) is 8.78 Å². The number of carbonyl (C=O) groups is 2. The van der Waals surface area contributed by atoms with Crippen molar-refractivity contribution >= 4 is 28.9 Å². The molecule has 1 aliphatic heterocycles. The van der Waals surface area contributed by atoms with E-state index in [1.165, 1.54) is 18.2 Å². The molecule has 0 aromatic heterocycles. The zero-order chi connectivity index (χ0) is 22.0. The molecule has 2 N–H and O–H groups in total. The normalized spacial score (nSPS) is 15.0. The van der Waals surface area contributed by atoms with Crippen molar-refractivity contribution in [2.24, 2.45) is 0 Å². The van der Waals surface area contributed by atoms with Crippen LogP contribution in [0.25, 0.3) is 0 Å². The fraction of sp³-hybridized carbons (Fsp3) is 0.222. The lowest BCUT2D eigenvalue weighted by Crippen LogP contribution is -2.34. The first-order valence-electron chi connectivity index (χ1n) is 8.43. The standard InChI is InChI=1S/C18H15F2N3O7/c1-8-16(24)22-11-5-9(3-4-13(11)29-8)21-17(25)10-6-14(28-2)15(30-18(19)20)7-12(10)23(26)27/h3-8,18H,1-2H3,(H,21,25)(H,22,24)/t8-/m1/s1. The summed E-state index contributed by atoms with van der Waals surface area (Å²) in [6, 6.07) is 6.00. The Hall–Kier alpha value is -3.96. The molecule has 0 saturated carbocycles. The van der Waals surface area contributed by atoms with Crippen molar-refractivity contribution in [3.05, 3.63) is 46.0 Å². The Labute approximate surface area is 167 Å². The molecule has 1 atom stereocenters. The first-order valence-corrected chi connectivity index (χ1v) is 8.43. The second kappa shape index (κ2) is 8.19. The number of methoxy groups -OCH3 is 1. The largest absolute Gasteiger partial charge is 0.493 e. The van der Waals surface area contributed by atoms with Gasteiger partial charge in [-0.1, -0.05) is 0 Å². The third-order valence-electron chi connectivity index (χ3n) is 4.11. The summed E-state index contributed by atoms with van der Waals surface area (Å²) in [5.74, 6) is -1.76. The zero-order valence-electron chi connectivity index (χ0n) is 15.6. The monoisotopic (exact) mass is 423 g/mol. The highest BCUT2D eigenvalue weighted by molar-refractivity contribution is 6.08. The maximum atomic E-state index is 12.6. The number of hydrogen-bond acceptors (Lipinski definition) is 7. The summed E-state index contributed by atoms with van der Waals surface area (Å²) in [5, 5.41) is 16.4. The van der Waals surface area contributed by atoms with Crippen LogP contribution in [0.5, 0.6) is 17.2 Å². The molecule has 1 heterocycles. The van der Waals surface area contributed by atoms with E-state index >= 15 is 0 Å². The van der Waals surface area contributed by atoms with Crippen molar-refractivity contribution in [1.29, 1.82) is 0 Å². The van der Waals surface area contributed by atoms with Gasteiger partial charge < -0.3 is 24.8 Å². The van der Waals surface area contributed by atoms with Gasteiger partial charge in [0.05, 0.1) is 23.8 Å². The summed E-state index contributed by atoms with van der Waals surface area (Å²) in [6.45, 7) is -1.67. The van der Waals surface area contributed by atoms with Gasteiger partial charge in [0.15, 0.2) is 17.6 Å². The zero-order valence-corrected chi connectivity index (χ0v) is 15.6. The highest BCUT2D eigenvalue weighted by atomic mass is 19.3. The van der Waals surface area contributed by atoms with Crippen molar-refractivity contribution in [1.82, 2.24) is 0 Å². The Morgan fingerprint density at radius 1 is 1.30 bits per heavy atom. The van der Waals surface area contributed by atoms with Gasteiger partial charge in [0.25, 0.3) is 17.5 Å². The Balaban J connectivity index is 1.92. The van der Waals surface area contributed by atoms with E-state index in [1.807, 2.05) is 0 Å². The molecule has 0 saturated heterocycles. The topological polar surface area (TPSA) is 129 Å². The molecule has 12 heteroatoms. The number of alkyl halides is 2. The molecule has 0 fully saturated rings. The number of nitro benzene ring substituents is 1. The lowest BCUT2D eigenvalue weighted by molar-refractivity contribution is -0.385. The van der Waals surface area contributed by atoms with E-state index < -0.39 is 40.5 Å². The minimum Gasteiger partial charge on any atom is -0.493 e. The molecular formula is C18H15F2N3O7. The van der Waals surface area contributed by atoms with Crippen LogP contribution in [-0.2, 0) is 4.79 Å². The van der Waals surface area contributed by atoms with Gasteiger partial charge in [0.2, 0.25) is 0 Å². The van der Waals surface area contributed by atoms with Gasteiger partial charge >= 0.3 is 6.61 Å². The average molecular weight is 423 g/mol. The van der Waals surface area contributed by atoms with Gasteiger partial charge in [-0.15, -0.1) is 0 Å². The number of nitrogens with one attached hydrogen (secondary N) is 2. The molecule has 0 aliphatic carbocycles. The highest BCUT2D eigenvalue weighted by Gasteiger charge is 2.27. The van der Waals surface area contributed by atoms with E-state index in [0.29, 0.717) is 17.5 Å². The van der Waals surface area contributed by atoms with Crippen molar-refractivity contribution in [3.63, 3.8) is 0 Å². The molecule has 2 aromatic carbocycles. The van der Waals surface area contributed by atoms with E-state index in [-0.39, 0.29) is 17.3 Å². The van der Waals surface area contributed by atoms with Gasteiger partial charge in [0, 0.05) is 11.8 Å². The van der Waals surface area contributed by atoms with Crippen LogP contribution in [0.4, 0.5) is 25.8 Å². The van der Waals surface area contributed by atoms with Crippen LogP contribution in [0.2, 0.25) is 0 Å². The van der Waals surface area contributed by atoms with E-state index in [2.05, 4.69) is 15.4 Å². The fourth-order valence-electron chi connectivity index (χ4n) is 2.71. The van der Waals surface area contributed by atoms with Crippen LogP contribution in [0.3, 0.4) is 0 Å². The number of ether oxygens (including phenoxy) is 3. The number of hydrogen-bond donors (Lipinski definition) is 2. The minimum absolute atomic E-state index is 0.207. The van der Waals surface area contributed by atoms with Gasteiger partial charge in [-0.25, -0.2) is 0 Å². The smallest absolute Gasteiger partial charge is 0.387 e. The maximum Gasteiger partial charge on any atom is 0.387 e. The van der Waals surface area contributed by atoms with Gasteiger partial charge in [0.1, 0.15) is 11.3 Å². The highest BCUT2D eigenvalue weighted by Crippen LogP contribution is 2.37. The second-order valence-corrected chi connectivity index (χ2v) is 6.07. The fourth-order valence-corrected chi connectivity index (χ4v) is 2.71. The summed E-state index contributed by atoms with van der Waals surface area (Å²) >= 11 is 0. The van der Waals surface area contributed by atoms with Crippen LogP contribution < -0.4 is 24.8 Å². The van der Waals surface area contributed by atoms with Crippen LogP contribution in [0.1, 0.15) is 17.3 Å².